The van der Waals surface area contributed by atoms with Crippen LogP contribution in [0.3, 0.4) is 0 Å². The molecule has 6 heteroatoms. The highest BCUT2D eigenvalue weighted by molar-refractivity contribution is 5.71. The number of carbonyl (C=O) groups is 3. The van der Waals surface area contributed by atoms with Crippen LogP contribution in [0.25, 0.3) is 0 Å². The monoisotopic (exact) mass is 863 g/mol. The quantitative estimate of drug-likeness (QED) is 0.0344. The second-order valence-corrected chi connectivity index (χ2v) is 19.6. The second-order valence-electron chi connectivity index (χ2n) is 19.6. The van der Waals surface area contributed by atoms with Gasteiger partial charge in [-0.2, -0.15) is 0 Å². The maximum Gasteiger partial charge on any atom is 0.306 e. The minimum absolute atomic E-state index is 0.0634. The maximum atomic E-state index is 12.8. The van der Waals surface area contributed by atoms with Crippen molar-refractivity contribution in [2.75, 3.05) is 13.2 Å². The number of hydrogen-bond donors (Lipinski definition) is 0. The van der Waals surface area contributed by atoms with Crippen molar-refractivity contribution in [3.63, 3.8) is 0 Å². The van der Waals surface area contributed by atoms with Gasteiger partial charge in [-0.3, -0.25) is 14.4 Å². The first kappa shape index (κ1) is 59.4. The van der Waals surface area contributed by atoms with E-state index in [4.69, 9.17) is 14.2 Å². The van der Waals surface area contributed by atoms with Gasteiger partial charge in [0.15, 0.2) is 6.10 Å². The lowest BCUT2D eigenvalue weighted by molar-refractivity contribution is -0.167. The zero-order chi connectivity index (χ0) is 44.7. The minimum Gasteiger partial charge on any atom is -0.462 e. The second kappa shape index (κ2) is 47.9. The van der Waals surface area contributed by atoms with Crippen molar-refractivity contribution in [3.05, 3.63) is 0 Å². The summed E-state index contributed by atoms with van der Waals surface area (Å²) in [6.45, 7) is 11.4. The van der Waals surface area contributed by atoms with Gasteiger partial charge in [0.25, 0.3) is 0 Å². The fourth-order valence-corrected chi connectivity index (χ4v) is 8.31. The van der Waals surface area contributed by atoms with Crippen LogP contribution < -0.4 is 0 Å². The molecule has 0 aromatic heterocycles. The molecule has 0 heterocycles. The van der Waals surface area contributed by atoms with E-state index in [1.807, 2.05) is 0 Å². The Kier molecular flexibility index (Phi) is 46.6. The smallest absolute Gasteiger partial charge is 0.306 e. The summed E-state index contributed by atoms with van der Waals surface area (Å²) in [4.78, 5) is 38.0. The van der Waals surface area contributed by atoms with Crippen molar-refractivity contribution in [1.82, 2.24) is 0 Å². The lowest BCUT2D eigenvalue weighted by Gasteiger charge is -2.18. The summed E-state index contributed by atoms with van der Waals surface area (Å²) in [6.07, 6.45) is 49.4. The van der Waals surface area contributed by atoms with Crippen molar-refractivity contribution in [2.45, 2.75) is 310 Å². The Balaban J connectivity index is 4.31. The summed E-state index contributed by atoms with van der Waals surface area (Å²) in [6, 6.07) is 0. The van der Waals surface area contributed by atoms with Crippen LogP contribution in [0.2, 0.25) is 0 Å². The third kappa shape index (κ3) is 47.7. The molecule has 0 rings (SSSR count). The summed E-state index contributed by atoms with van der Waals surface area (Å²) in [5.41, 5.74) is 0. The van der Waals surface area contributed by atoms with Crippen molar-refractivity contribution < 1.29 is 28.6 Å². The van der Waals surface area contributed by atoms with Gasteiger partial charge in [-0.15, -0.1) is 0 Å². The highest BCUT2D eigenvalue weighted by Crippen LogP contribution is 2.18. The Bertz CT molecular complexity index is 933. The highest BCUT2D eigenvalue weighted by Gasteiger charge is 2.19. The third-order valence-corrected chi connectivity index (χ3v) is 12.8. The molecule has 0 aliphatic rings. The lowest BCUT2D eigenvalue weighted by atomic mass is 9.99. The summed E-state index contributed by atoms with van der Waals surface area (Å²) < 4.78 is 16.8. The van der Waals surface area contributed by atoms with Gasteiger partial charge in [0.2, 0.25) is 0 Å². The number of rotatable bonds is 49. The van der Waals surface area contributed by atoms with Crippen LogP contribution in [0.15, 0.2) is 0 Å². The van der Waals surface area contributed by atoms with Gasteiger partial charge in [0, 0.05) is 19.3 Å². The topological polar surface area (TPSA) is 78.9 Å². The number of unbranched alkanes of at least 4 members (excludes halogenated alkanes) is 33. The molecule has 0 aliphatic heterocycles. The molecule has 61 heavy (non-hydrogen) atoms. The molecule has 0 radical (unpaired) electrons. The molecule has 0 fully saturated rings. The standard InChI is InChI=1S/C55H106O6/c1-6-8-9-10-11-12-13-14-15-16-17-18-25-30-35-40-45-53(56)59-48-52(61-55(58)47-42-37-32-27-21-19-23-28-33-38-43-50(3)4)49-60-54(57)46-41-36-31-26-22-20-24-29-34-39-44-51(5)7-2/h50-52H,6-49H2,1-5H3/t51?,52-/m1/s1. The number of esters is 3. The van der Waals surface area contributed by atoms with E-state index in [2.05, 4.69) is 34.6 Å². The average Bonchev–Trinajstić information content (AvgIpc) is 3.24. The van der Waals surface area contributed by atoms with Crippen LogP contribution in [-0.2, 0) is 28.6 Å². The first-order valence-corrected chi connectivity index (χ1v) is 27.3. The summed E-state index contributed by atoms with van der Waals surface area (Å²) >= 11 is 0. The van der Waals surface area contributed by atoms with Gasteiger partial charge < -0.3 is 14.2 Å². The molecule has 0 amide bonds. The molecular formula is C55H106O6. The molecular weight excluding hydrogens is 757 g/mol. The normalized spacial score (nSPS) is 12.5. The molecule has 0 saturated carbocycles. The zero-order valence-corrected chi connectivity index (χ0v) is 41.8. The predicted octanol–water partition coefficient (Wildman–Crippen LogP) is 17.7. The van der Waals surface area contributed by atoms with E-state index in [0.717, 1.165) is 69.6 Å². The Morgan fingerprint density at radius 3 is 0.934 bits per heavy atom. The van der Waals surface area contributed by atoms with Crippen LogP contribution >= 0.6 is 0 Å². The lowest BCUT2D eigenvalue weighted by Crippen LogP contribution is -2.30. The molecule has 2 atom stereocenters. The van der Waals surface area contributed by atoms with E-state index in [0.29, 0.717) is 19.3 Å². The summed E-state index contributed by atoms with van der Waals surface area (Å²) in [5, 5.41) is 0. The first-order valence-electron chi connectivity index (χ1n) is 27.3. The number of carbonyl (C=O) groups excluding carboxylic acids is 3. The molecule has 0 N–H and O–H groups in total. The molecule has 0 spiro atoms. The zero-order valence-electron chi connectivity index (χ0n) is 41.8. The Labute approximate surface area is 380 Å². The SMILES string of the molecule is CCCCCCCCCCCCCCCCCCC(=O)OC[C@H](COC(=O)CCCCCCCCCCCCC(C)CC)OC(=O)CCCCCCCCCCCCC(C)C. The predicted molar refractivity (Wildman–Crippen MR) is 261 cm³/mol. The molecule has 6 nitrogen and oxygen atoms in total. The molecule has 0 aromatic carbocycles. The van der Waals surface area contributed by atoms with E-state index in [1.54, 1.807) is 0 Å². The van der Waals surface area contributed by atoms with Crippen molar-refractivity contribution in [2.24, 2.45) is 11.8 Å². The van der Waals surface area contributed by atoms with Crippen LogP contribution in [-0.4, -0.2) is 37.2 Å². The van der Waals surface area contributed by atoms with E-state index in [1.165, 1.54) is 193 Å². The van der Waals surface area contributed by atoms with Crippen LogP contribution in [0.5, 0.6) is 0 Å². The maximum absolute atomic E-state index is 12.8. The van der Waals surface area contributed by atoms with Gasteiger partial charge in [-0.25, -0.2) is 0 Å². The number of hydrogen-bond acceptors (Lipinski definition) is 6. The van der Waals surface area contributed by atoms with Crippen LogP contribution in [0.1, 0.15) is 304 Å². The number of ether oxygens (including phenoxy) is 3. The molecule has 362 valence electrons. The third-order valence-electron chi connectivity index (χ3n) is 12.8. The van der Waals surface area contributed by atoms with Crippen molar-refractivity contribution >= 4 is 17.9 Å². The molecule has 0 saturated heterocycles. The Morgan fingerprint density at radius 2 is 0.623 bits per heavy atom. The van der Waals surface area contributed by atoms with Crippen LogP contribution in [0.4, 0.5) is 0 Å². The Morgan fingerprint density at radius 1 is 0.344 bits per heavy atom. The largest absolute Gasteiger partial charge is 0.462 e. The Hall–Kier alpha value is -1.59. The molecule has 0 aliphatic carbocycles. The molecule has 1 unspecified atom stereocenters. The van der Waals surface area contributed by atoms with Crippen molar-refractivity contribution in [3.8, 4) is 0 Å². The summed E-state index contributed by atoms with van der Waals surface area (Å²) in [5.74, 6) is 0.841. The van der Waals surface area contributed by atoms with Gasteiger partial charge in [0.05, 0.1) is 0 Å². The van der Waals surface area contributed by atoms with E-state index in [9.17, 15) is 14.4 Å². The fourth-order valence-electron chi connectivity index (χ4n) is 8.31. The van der Waals surface area contributed by atoms with Gasteiger partial charge in [-0.1, -0.05) is 266 Å². The average molecular weight is 863 g/mol. The van der Waals surface area contributed by atoms with E-state index in [-0.39, 0.29) is 31.1 Å². The minimum atomic E-state index is -0.762. The van der Waals surface area contributed by atoms with Crippen molar-refractivity contribution in [1.29, 1.82) is 0 Å². The van der Waals surface area contributed by atoms with Gasteiger partial charge in [-0.05, 0) is 31.1 Å². The summed E-state index contributed by atoms with van der Waals surface area (Å²) in [7, 11) is 0. The van der Waals surface area contributed by atoms with E-state index < -0.39 is 6.10 Å². The van der Waals surface area contributed by atoms with Gasteiger partial charge in [0.1, 0.15) is 13.2 Å². The van der Waals surface area contributed by atoms with Gasteiger partial charge >= 0.3 is 17.9 Å². The molecule has 0 bridgehead atoms. The van der Waals surface area contributed by atoms with Crippen LogP contribution in [0, 0.1) is 11.8 Å². The van der Waals surface area contributed by atoms with E-state index >= 15 is 0 Å². The fraction of sp³-hybridized carbons (Fsp3) is 0.945. The molecule has 0 aromatic rings. The highest BCUT2D eigenvalue weighted by atomic mass is 16.6. The first-order chi connectivity index (χ1) is 29.8.